The molecular formula is C61H36F6N2. The van der Waals surface area contributed by atoms with Gasteiger partial charge in [0.2, 0.25) is 0 Å². The number of alkyl halides is 3. The Morgan fingerprint density at radius 1 is 0.304 bits per heavy atom. The number of rotatable bonds is 7. The highest BCUT2D eigenvalue weighted by Gasteiger charge is 2.40. The number of nitrogens with zero attached hydrogens (tertiary/aromatic N) is 2. The molecule has 12 rings (SSSR count). The van der Waals surface area contributed by atoms with Crippen LogP contribution in [-0.4, -0.2) is 9.13 Å². The van der Waals surface area contributed by atoms with Crippen molar-refractivity contribution in [1.82, 2.24) is 9.13 Å². The van der Waals surface area contributed by atoms with E-state index in [2.05, 4.69) is 0 Å². The molecule has 69 heavy (non-hydrogen) atoms. The predicted molar refractivity (Wildman–Crippen MR) is 267 cm³/mol. The predicted octanol–water partition coefficient (Wildman–Crippen LogP) is 17.7. The van der Waals surface area contributed by atoms with Crippen LogP contribution in [0.5, 0.6) is 0 Å². The first kappa shape index (κ1) is 41.8. The largest absolute Gasteiger partial charge is 0.420 e. The van der Waals surface area contributed by atoms with Gasteiger partial charge in [-0.2, -0.15) is 13.2 Å². The molecular weight excluding hydrogens is 875 g/mol. The van der Waals surface area contributed by atoms with Gasteiger partial charge in [-0.15, -0.1) is 0 Å². The smallest absolute Gasteiger partial charge is 0.308 e. The number of aromatic nitrogens is 2. The third-order valence-electron chi connectivity index (χ3n) is 13.1. The number of halogens is 6. The molecule has 0 spiro atoms. The van der Waals surface area contributed by atoms with Gasteiger partial charge in [0.15, 0.2) is 11.6 Å². The molecule has 0 atom stereocenters. The van der Waals surface area contributed by atoms with Gasteiger partial charge in [-0.1, -0.05) is 170 Å². The molecule has 2 nitrogen and oxygen atoms in total. The fourth-order valence-corrected chi connectivity index (χ4v) is 9.97. The van der Waals surface area contributed by atoms with Crippen molar-refractivity contribution < 1.29 is 26.3 Å². The van der Waals surface area contributed by atoms with Gasteiger partial charge in [0.1, 0.15) is 11.4 Å². The van der Waals surface area contributed by atoms with Gasteiger partial charge in [-0.25, -0.2) is 13.2 Å². The van der Waals surface area contributed by atoms with Crippen molar-refractivity contribution in [2.75, 3.05) is 0 Å². The zero-order valence-corrected chi connectivity index (χ0v) is 36.4. The van der Waals surface area contributed by atoms with Crippen LogP contribution in [0.3, 0.4) is 0 Å². The van der Waals surface area contributed by atoms with E-state index >= 15 is 26.3 Å². The Hall–Kier alpha value is -8.62. The fourth-order valence-electron chi connectivity index (χ4n) is 9.97. The molecule has 2 aromatic heterocycles. The summed E-state index contributed by atoms with van der Waals surface area (Å²) >= 11 is 0. The van der Waals surface area contributed by atoms with Crippen LogP contribution in [0.1, 0.15) is 5.56 Å². The molecule has 0 aliphatic heterocycles. The lowest BCUT2D eigenvalue weighted by Crippen LogP contribution is -2.16. The van der Waals surface area contributed by atoms with Crippen LogP contribution >= 0.6 is 0 Å². The first-order chi connectivity index (χ1) is 33.6. The van der Waals surface area contributed by atoms with Gasteiger partial charge in [0, 0.05) is 33.2 Å². The van der Waals surface area contributed by atoms with Crippen molar-refractivity contribution in [3.05, 3.63) is 241 Å². The molecule has 0 N–H and O–H groups in total. The SMILES string of the molecule is Fc1cc(F)c(F)c(-c2cc(-n3c4cc(-c5ccccc5)ccc4c4ccc(-c5ccccc5)cc43)c(C(F)(F)F)c(-n3c4cc(-c5ccccc5)ccc4c4ccc(-c5ccccc5)cc43)c2)c1. The molecule has 2 heterocycles. The van der Waals surface area contributed by atoms with Crippen molar-refractivity contribution in [2.24, 2.45) is 0 Å². The Morgan fingerprint density at radius 2 is 0.623 bits per heavy atom. The van der Waals surface area contributed by atoms with Crippen LogP contribution in [0.2, 0.25) is 0 Å². The maximum Gasteiger partial charge on any atom is 0.420 e. The minimum Gasteiger partial charge on any atom is -0.308 e. The molecule has 0 radical (unpaired) electrons. The van der Waals surface area contributed by atoms with Gasteiger partial charge in [-0.3, -0.25) is 0 Å². The summed E-state index contributed by atoms with van der Waals surface area (Å²) in [5, 5.41) is 2.68. The maximum atomic E-state index is 17.0. The third kappa shape index (κ3) is 7.15. The van der Waals surface area contributed by atoms with Gasteiger partial charge in [-0.05, 0) is 92.5 Å². The molecule has 0 aliphatic rings. The van der Waals surface area contributed by atoms with Gasteiger partial charge in [0.05, 0.1) is 33.4 Å². The quantitative estimate of drug-likeness (QED) is 0.111. The summed E-state index contributed by atoms with van der Waals surface area (Å²) in [6.07, 6.45) is -5.07. The third-order valence-corrected chi connectivity index (χ3v) is 13.1. The molecule has 0 saturated heterocycles. The summed E-state index contributed by atoms with van der Waals surface area (Å²) in [5.41, 5.74) is 5.71. The second-order valence-corrected chi connectivity index (χ2v) is 17.2. The standard InChI is InChI=1S/C61H36F6N2/c62-46-35-51(60(64)52(63)36-46)45-33-57(68-53-29-41(37-13-5-1-6-14-37)21-25-47(53)48-26-22-42(30-54(48)68)38-15-7-2-8-16-38)59(61(65,66)67)58(34-45)69-55-31-43(39-17-9-3-10-18-39)23-27-49(55)50-28-24-44(32-56(50)69)40-19-11-4-12-20-40/h1-36H. The fraction of sp³-hybridized carbons (Fsp3) is 0.0164. The van der Waals surface area contributed by atoms with Crippen LogP contribution in [0, 0.1) is 17.5 Å². The topological polar surface area (TPSA) is 9.86 Å². The minimum atomic E-state index is -5.07. The van der Waals surface area contributed by atoms with E-state index in [1.165, 1.54) is 12.1 Å². The molecule has 0 aliphatic carbocycles. The van der Waals surface area contributed by atoms with Crippen LogP contribution < -0.4 is 0 Å². The van der Waals surface area contributed by atoms with Crippen molar-refractivity contribution in [2.45, 2.75) is 6.18 Å². The summed E-state index contributed by atoms with van der Waals surface area (Å²) in [6, 6.07) is 64.6. The average molecular weight is 911 g/mol. The maximum absolute atomic E-state index is 17.0. The molecule has 12 aromatic rings. The highest BCUT2D eigenvalue weighted by atomic mass is 19.4. The molecule has 0 saturated carbocycles. The Bertz CT molecular complexity index is 3530. The Labute approximate surface area is 392 Å². The van der Waals surface area contributed by atoms with Crippen LogP contribution in [0.4, 0.5) is 26.3 Å². The zero-order chi connectivity index (χ0) is 47.0. The Balaban J connectivity index is 1.28. The van der Waals surface area contributed by atoms with Crippen LogP contribution in [0.25, 0.3) is 111 Å². The number of hydrogen-bond donors (Lipinski definition) is 0. The van der Waals surface area contributed by atoms with E-state index in [-0.39, 0.29) is 16.9 Å². The minimum absolute atomic E-state index is 0.161. The zero-order valence-electron chi connectivity index (χ0n) is 36.4. The Kier molecular flexibility index (Phi) is 9.88. The lowest BCUT2D eigenvalue weighted by molar-refractivity contribution is -0.137. The normalized spacial score (nSPS) is 11.9. The van der Waals surface area contributed by atoms with Crippen molar-refractivity contribution >= 4 is 43.6 Å². The van der Waals surface area contributed by atoms with E-state index < -0.39 is 34.8 Å². The van der Waals surface area contributed by atoms with E-state index in [0.717, 1.165) is 50.6 Å². The lowest BCUT2D eigenvalue weighted by Gasteiger charge is -2.23. The molecule has 0 unspecified atom stereocenters. The summed E-state index contributed by atoms with van der Waals surface area (Å²) in [6.45, 7) is 0. The number of hydrogen-bond acceptors (Lipinski definition) is 0. The summed E-state index contributed by atoms with van der Waals surface area (Å²) in [5.74, 6) is -3.95. The van der Waals surface area contributed by atoms with Crippen molar-refractivity contribution in [3.8, 4) is 67.0 Å². The summed E-state index contributed by atoms with van der Waals surface area (Å²) < 4.78 is 101. The Morgan fingerprint density at radius 3 is 0.928 bits per heavy atom. The van der Waals surface area contributed by atoms with Crippen molar-refractivity contribution in [3.63, 3.8) is 0 Å². The molecule has 0 fully saturated rings. The first-order valence-corrected chi connectivity index (χ1v) is 22.4. The molecule has 0 bridgehead atoms. The molecule has 0 amide bonds. The van der Waals surface area contributed by atoms with E-state index in [1.54, 1.807) is 9.13 Å². The van der Waals surface area contributed by atoms with Gasteiger partial charge < -0.3 is 9.13 Å². The van der Waals surface area contributed by atoms with E-state index in [0.29, 0.717) is 49.7 Å². The lowest BCUT2D eigenvalue weighted by atomic mass is 9.98. The highest BCUT2D eigenvalue weighted by Crippen LogP contribution is 2.48. The second kappa shape index (κ2) is 16.3. The van der Waals surface area contributed by atoms with Crippen molar-refractivity contribution in [1.29, 1.82) is 0 Å². The number of benzene rings is 10. The van der Waals surface area contributed by atoms with E-state index in [1.807, 2.05) is 194 Å². The first-order valence-electron chi connectivity index (χ1n) is 22.4. The monoisotopic (exact) mass is 910 g/mol. The van der Waals surface area contributed by atoms with Gasteiger partial charge in [0.25, 0.3) is 0 Å². The summed E-state index contributed by atoms with van der Waals surface area (Å²) in [7, 11) is 0. The molecule has 8 heteroatoms. The van der Waals surface area contributed by atoms with Crippen LogP contribution in [0.15, 0.2) is 218 Å². The molecule has 332 valence electrons. The highest BCUT2D eigenvalue weighted by molar-refractivity contribution is 6.13. The van der Waals surface area contributed by atoms with Crippen LogP contribution in [-0.2, 0) is 6.18 Å². The average Bonchev–Trinajstić information content (AvgIpc) is 3.89. The summed E-state index contributed by atoms with van der Waals surface area (Å²) in [4.78, 5) is 0. The number of fused-ring (bicyclic) bond motifs is 6. The van der Waals surface area contributed by atoms with E-state index in [4.69, 9.17) is 0 Å². The molecule has 10 aromatic carbocycles. The van der Waals surface area contributed by atoms with E-state index in [9.17, 15) is 0 Å². The van der Waals surface area contributed by atoms with Gasteiger partial charge >= 0.3 is 6.18 Å². The second-order valence-electron chi connectivity index (χ2n) is 17.2.